The third-order valence-electron chi connectivity index (χ3n) is 2.68. The van der Waals surface area contributed by atoms with E-state index in [9.17, 15) is 4.79 Å². The molecule has 0 aliphatic heterocycles. The van der Waals surface area contributed by atoms with Crippen molar-refractivity contribution in [3.63, 3.8) is 0 Å². The van der Waals surface area contributed by atoms with Gasteiger partial charge >= 0.3 is 0 Å². The van der Waals surface area contributed by atoms with Crippen molar-refractivity contribution in [3.05, 3.63) is 17.8 Å². The van der Waals surface area contributed by atoms with Crippen molar-refractivity contribution in [1.29, 1.82) is 0 Å². The number of aromatic nitrogens is 2. The van der Waals surface area contributed by atoms with Crippen LogP contribution in [-0.2, 0) is 0 Å². The van der Waals surface area contributed by atoms with Gasteiger partial charge in [-0.2, -0.15) is 0 Å². The highest BCUT2D eigenvalue weighted by Gasteiger charge is 2.20. The molecule has 1 amide bonds. The molecule has 1 aromatic rings. The van der Waals surface area contributed by atoms with Gasteiger partial charge in [-0.1, -0.05) is 12.8 Å². The molecular weight excluding hydrogens is 204 g/mol. The van der Waals surface area contributed by atoms with Crippen LogP contribution in [0.3, 0.4) is 0 Å². The highest BCUT2D eigenvalue weighted by atomic mass is 16.1. The predicted molar refractivity (Wildman–Crippen MR) is 61.3 cm³/mol. The highest BCUT2D eigenvalue weighted by Crippen LogP contribution is 2.31. The molecule has 0 saturated heterocycles. The van der Waals surface area contributed by atoms with E-state index in [1.165, 1.54) is 19.3 Å². The third-order valence-corrected chi connectivity index (χ3v) is 2.68. The monoisotopic (exact) mass is 220 g/mol. The summed E-state index contributed by atoms with van der Waals surface area (Å²) in [5.41, 5.74) is 0.343. The topological polar surface area (TPSA) is 66.9 Å². The molecule has 1 saturated carbocycles. The quantitative estimate of drug-likeness (QED) is 0.778. The summed E-state index contributed by atoms with van der Waals surface area (Å²) in [7, 11) is 1.58. The Kier molecular flexibility index (Phi) is 3.34. The minimum absolute atomic E-state index is 0.211. The fourth-order valence-electron chi connectivity index (χ4n) is 1.49. The van der Waals surface area contributed by atoms with Gasteiger partial charge in [0.15, 0.2) is 5.69 Å². The zero-order valence-electron chi connectivity index (χ0n) is 9.36. The number of nitrogens with zero attached hydrogens (tertiary/aromatic N) is 2. The Balaban J connectivity index is 1.83. The second kappa shape index (κ2) is 4.92. The minimum Gasteiger partial charge on any atom is -0.369 e. The van der Waals surface area contributed by atoms with Crippen molar-refractivity contribution in [2.24, 2.45) is 5.92 Å². The van der Waals surface area contributed by atoms with Crippen molar-refractivity contribution in [2.45, 2.75) is 19.3 Å². The van der Waals surface area contributed by atoms with Crippen LogP contribution in [0.5, 0.6) is 0 Å². The van der Waals surface area contributed by atoms with Crippen LogP contribution >= 0.6 is 0 Å². The smallest absolute Gasteiger partial charge is 0.271 e. The van der Waals surface area contributed by atoms with Gasteiger partial charge in [-0.3, -0.25) is 4.79 Å². The molecule has 0 unspecified atom stereocenters. The van der Waals surface area contributed by atoms with Crippen LogP contribution in [0.15, 0.2) is 12.1 Å². The Labute approximate surface area is 94.6 Å². The molecule has 86 valence electrons. The summed E-state index contributed by atoms with van der Waals surface area (Å²) in [5, 5.41) is 13.5. The first-order chi connectivity index (χ1) is 7.79. The summed E-state index contributed by atoms with van der Waals surface area (Å²) in [4.78, 5) is 11.2. The van der Waals surface area contributed by atoms with Crippen LogP contribution in [0.1, 0.15) is 29.8 Å². The number of carbonyl (C=O) groups excluding carboxylic acids is 1. The Morgan fingerprint density at radius 2 is 2.25 bits per heavy atom. The number of rotatable bonds is 5. The van der Waals surface area contributed by atoms with Crippen LogP contribution < -0.4 is 10.6 Å². The third kappa shape index (κ3) is 2.92. The van der Waals surface area contributed by atoms with Gasteiger partial charge in [0.1, 0.15) is 5.82 Å². The molecular formula is C11H16N4O. The van der Waals surface area contributed by atoms with E-state index in [0.29, 0.717) is 5.69 Å². The van der Waals surface area contributed by atoms with Gasteiger partial charge in [-0.25, -0.2) is 0 Å². The van der Waals surface area contributed by atoms with E-state index >= 15 is 0 Å². The minimum atomic E-state index is -0.211. The van der Waals surface area contributed by atoms with Crippen molar-refractivity contribution in [3.8, 4) is 0 Å². The van der Waals surface area contributed by atoms with Gasteiger partial charge in [0.2, 0.25) is 0 Å². The van der Waals surface area contributed by atoms with E-state index in [1.54, 1.807) is 19.2 Å². The van der Waals surface area contributed by atoms with Gasteiger partial charge in [-0.15, -0.1) is 10.2 Å². The van der Waals surface area contributed by atoms with Gasteiger partial charge in [0.25, 0.3) is 5.91 Å². The van der Waals surface area contributed by atoms with Gasteiger partial charge in [0, 0.05) is 13.6 Å². The van der Waals surface area contributed by atoms with Gasteiger partial charge < -0.3 is 10.6 Å². The lowest BCUT2D eigenvalue weighted by Crippen LogP contribution is -2.19. The Bertz CT molecular complexity index is 359. The molecule has 0 spiro atoms. The maximum atomic E-state index is 11.2. The molecule has 1 fully saturated rings. The highest BCUT2D eigenvalue weighted by molar-refractivity contribution is 5.91. The zero-order valence-corrected chi connectivity index (χ0v) is 9.36. The van der Waals surface area contributed by atoms with Crippen molar-refractivity contribution in [2.75, 3.05) is 18.9 Å². The van der Waals surface area contributed by atoms with Crippen LogP contribution in [-0.4, -0.2) is 29.7 Å². The number of nitrogens with one attached hydrogen (secondary N) is 2. The lowest BCUT2D eigenvalue weighted by Gasteiger charge is -2.04. The molecule has 1 heterocycles. The molecule has 0 bridgehead atoms. The first-order valence-corrected chi connectivity index (χ1v) is 5.59. The lowest BCUT2D eigenvalue weighted by atomic mass is 10.3. The molecule has 0 atom stereocenters. The number of amides is 1. The van der Waals surface area contributed by atoms with Crippen molar-refractivity contribution in [1.82, 2.24) is 15.5 Å². The molecule has 5 heteroatoms. The molecule has 2 N–H and O–H groups in total. The van der Waals surface area contributed by atoms with Crippen molar-refractivity contribution < 1.29 is 4.79 Å². The lowest BCUT2D eigenvalue weighted by molar-refractivity contribution is 0.0957. The largest absolute Gasteiger partial charge is 0.369 e. The van der Waals surface area contributed by atoms with E-state index in [2.05, 4.69) is 20.8 Å². The van der Waals surface area contributed by atoms with E-state index in [4.69, 9.17) is 0 Å². The average Bonchev–Trinajstić information content (AvgIpc) is 3.13. The molecule has 16 heavy (non-hydrogen) atoms. The molecule has 2 rings (SSSR count). The van der Waals surface area contributed by atoms with E-state index in [-0.39, 0.29) is 5.91 Å². The van der Waals surface area contributed by atoms with Crippen LogP contribution in [0.4, 0.5) is 5.82 Å². The SMILES string of the molecule is CNC(=O)c1ccc(NCCC2CC2)nn1. The van der Waals surface area contributed by atoms with E-state index in [0.717, 1.165) is 18.3 Å². The number of carbonyl (C=O) groups is 1. The van der Waals surface area contributed by atoms with E-state index in [1.807, 2.05) is 0 Å². The normalized spacial score (nSPS) is 14.6. The summed E-state index contributed by atoms with van der Waals surface area (Å²) in [5.74, 6) is 1.43. The molecule has 1 aliphatic carbocycles. The van der Waals surface area contributed by atoms with Gasteiger partial charge in [0.05, 0.1) is 0 Å². The predicted octanol–water partition coefficient (Wildman–Crippen LogP) is 1.05. The first kappa shape index (κ1) is 10.9. The maximum absolute atomic E-state index is 11.2. The fraction of sp³-hybridized carbons (Fsp3) is 0.545. The molecule has 1 aliphatic rings. The first-order valence-electron chi connectivity index (χ1n) is 5.59. The number of anilines is 1. The Morgan fingerprint density at radius 3 is 2.81 bits per heavy atom. The molecule has 1 aromatic heterocycles. The Morgan fingerprint density at radius 1 is 1.44 bits per heavy atom. The second-order valence-electron chi connectivity index (χ2n) is 4.04. The van der Waals surface area contributed by atoms with Gasteiger partial charge in [-0.05, 0) is 24.5 Å². The van der Waals surface area contributed by atoms with Crippen LogP contribution in [0, 0.1) is 5.92 Å². The summed E-state index contributed by atoms with van der Waals surface area (Å²) in [6.45, 7) is 0.929. The summed E-state index contributed by atoms with van der Waals surface area (Å²) < 4.78 is 0. The zero-order chi connectivity index (χ0) is 11.4. The standard InChI is InChI=1S/C11H16N4O/c1-12-11(16)9-4-5-10(15-14-9)13-7-6-8-2-3-8/h4-5,8H,2-3,6-7H2,1H3,(H,12,16)(H,13,15). The number of hydrogen-bond donors (Lipinski definition) is 2. The second-order valence-corrected chi connectivity index (χ2v) is 4.04. The summed E-state index contributed by atoms with van der Waals surface area (Å²) in [6, 6.07) is 3.45. The summed E-state index contributed by atoms with van der Waals surface area (Å²) >= 11 is 0. The molecule has 5 nitrogen and oxygen atoms in total. The van der Waals surface area contributed by atoms with E-state index < -0.39 is 0 Å². The molecule has 0 radical (unpaired) electrons. The van der Waals surface area contributed by atoms with Crippen LogP contribution in [0.25, 0.3) is 0 Å². The fourth-order valence-corrected chi connectivity index (χ4v) is 1.49. The summed E-state index contributed by atoms with van der Waals surface area (Å²) in [6.07, 6.45) is 3.92. The molecule has 0 aromatic carbocycles. The van der Waals surface area contributed by atoms with Crippen molar-refractivity contribution >= 4 is 11.7 Å². The maximum Gasteiger partial charge on any atom is 0.271 e. The number of hydrogen-bond acceptors (Lipinski definition) is 4. The van der Waals surface area contributed by atoms with Crippen LogP contribution in [0.2, 0.25) is 0 Å². The Hall–Kier alpha value is -1.65. The average molecular weight is 220 g/mol.